The monoisotopic (exact) mass is 248 g/mol. The maximum atomic E-state index is 9.50. The summed E-state index contributed by atoms with van der Waals surface area (Å²) in [6.45, 7) is 0.0213. The lowest BCUT2D eigenvalue weighted by molar-refractivity contribution is 0.0815. The van der Waals surface area contributed by atoms with E-state index in [2.05, 4.69) is 4.98 Å². The van der Waals surface area contributed by atoms with Crippen LogP contribution in [0.2, 0.25) is 0 Å². The Kier molecular flexibility index (Phi) is 3.96. The standard InChI is InChI=1S/C13H16N2O3/c1-18-12-5-3-2-4-11(12)13-14-6-7-15(13)8-10(17)9-16/h2-7,10,16-17H,8-9H2,1H3. The Morgan fingerprint density at radius 2 is 2.17 bits per heavy atom. The molecular formula is C13H16N2O3. The molecule has 1 atom stereocenters. The van der Waals surface area contributed by atoms with Gasteiger partial charge in [-0.3, -0.25) is 0 Å². The molecule has 0 saturated heterocycles. The summed E-state index contributed by atoms with van der Waals surface area (Å²) >= 11 is 0. The zero-order valence-corrected chi connectivity index (χ0v) is 10.2. The Labute approximate surface area is 105 Å². The average molecular weight is 248 g/mol. The molecule has 0 radical (unpaired) electrons. The highest BCUT2D eigenvalue weighted by atomic mass is 16.5. The van der Waals surface area contributed by atoms with Crippen molar-refractivity contribution in [3.05, 3.63) is 36.7 Å². The first-order chi connectivity index (χ1) is 8.76. The third-order valence-corrected chi connectivity index (χ3v) is 2.68. The van der Waals surface area contributed by atoms with E-state index in [1.54, 1.807) is 24.1 Å². The summed E-state index contributed by atoms with van der Waals surface area (Å²) in [6, 6.07) is 7.55. The van der Waals surface area contributed by atoms with Crippen LogP contribution in [0.15, 0.2) is 36.7 Å². The van der Waals surface area contributed by atoms with Gasteiger partial charge in [-0.25, -0.2) is 4.98 Å². The lowest BCUT2D eigenvalue weighted by Gasteiger charge is -2.13. The first kappa shape index (κ1) is 12.6. The van der Waals surface area contributed by atoms with Crippen LogP contribution >= 0.6 is 0 Å². The van der Waals surface area contributed by atoms with Crippen molar-refractivity contribution in [2.75, 3.05) is 13.7 Å². The van der Waals surface area contributed by atoms with E-state index in [9.17, 15) is 5.11 Å². The average Bonchev–Trinajstić information content (AvgIpc) is 2.86. The number of imidazole rings is 1. The number of rotatable bonds is 5. The van der Waals surface area contributed by atoms with E-state index >= 15 is 0 Å². The second-order valence-corrected chi connectivity index (χ2v) is 3.94. The number of hydrogen-bond acceptors (Lipinski definition) is 4. The van der Waals surface area contributed by atoms with Crippen LogP contribution in [-0.4, -0.2) is 39.6 Å². The van der Waals surface area contributed by atoms with E-state index in [1.165, 1.54) is 0 Å². The van der Waals surface area contributed by atoms with Gasteiger partial charge in [0.15, 0.2) is 0 Å². The molecule has 2 aromatic rings. The van der Waals surface area contributed by atoms with Gasteiger partial charge in [0.1, 0.15) is 11.6 Å². The summed E-state index contributed by atoms with van der Waals surface area (Å²) in [5.41, 5.74) is 0.857. The van der Waals surface area contributed by atoms with Crippen LogP contribution in [0, 0.1) is 0 Å². The normalized spacial score (nSPS) is 12.4. The third-order valence-electron chi connectivity index (χ3n) is 2.68. The van der Waals surface area contributed by atoms with E-state index in [0.29, 0.717) is 12.4 Å². The number of methoxy groups -OCH3 is 1. The van der Waals surface area contributed by atoms with E-state index in [4.69, 9.17) is 9.84 Å². The van der Waals surface area contributed by atoms with Gasteiger partial charge in [0, 0.05) is 12.4 Å². The summed E-state index contributed by atoms with van der Waals surface area (Å²) in [6.07, 6.45) is 2.62. The molecule has 0 aliphatic heterocycles. The molecule has 5 nitrogen and oxygen atoms in total. The highest BCUT2D eigenvalue weighted by Crippen LogP contribution is 2.28. The van der Waals surface area contributed by atoms with E-state index in [-0.39, 0.29) is 6.61 Å². The molecule has 0 fully saturated rings. The van der Waals surface area contributed by atoms with Crippen LogP contribution in [0.25, 0.3) is 11.4 Å². The zero-order chi connectivity index (χ0) is 13.0. The number of benzene rings is 1. The Morgan fingerprint density at radius 3 is 2.89 bits per heavy atom. The molecule has 96 valence electrons. The highest BCUT2D eigenvalue weighted by Gasteiger charge is 2.13. The number of ether oxygens (including phenoxy) is 1. The first-order valence-corrected chi connectivity index (χ1v) is 5.69. The van der Waals surface area contributed by atoms with Gasteiger partial charge in [-0.15, -0.1) is 0 Å². The van der Waals surface area contributed by atoms with Crippen LogP contribution in [0.1, 0.15) is 0 Å². The van der Waals surface area contributed by atoms with Crippen molar-refractivity contribution < 1.29 is 14.9 Å². The molecule has 0 saturated carbocycles. The van der Waals surface area contributed by atoms with Crippen molar-refractivity contribution in [3.63, 3.8) is 0 Å². The Morgan fingerprint density at radius 1 is 1.39 bits per heavy atom. The Bertz CT molecular complexity index is 510. The summed E-state index contributed by atoms with van der Waals surface area (Å²) < 4.78 is 7.08. The van der Waals surface area contributed by atoms with Gasteiger partial charge in [0.25, 0.3) is 0 Å². The predicted molar refractivity (Wildman–Crippen MR) is 67.3 cm³/mol. The minimum absolute atomic E-state index is 0.274. The SMILES string of the molecule is COc1ccccc1-c1nccn1CC(O)CO. The van der Waals surface area contributed by atoms with Gasteiger partial charge < -0.3 is 19.5 Å². The number of aliphatic hydroxyl groups is 2. The quantitative estimate of drug-likeness (QED) is 0.825. The topological polar surface area (TPSA) is 67.5 Å². The number of para-hydroxylation sites is 1. The lowest BCUT2D eigenvalue weighted by Crippen LogP contribution is -2.20. The summed E-state index contributed by atoms with van der Waals surface area (Å²) in [5.74, 6) is 1.43. The van der Waals surface area contributed by atoms with Crippen LogP contribution in [0.4, 0.5) is 0 Å². The fourth-order valence-corrected chi connectivity index (χ4v) is 1.81. The molecule has 0 aliphatic carbocycles. The van der Waals surface area contributed by atoms with Crippen molar-refractivity contribution in [1.29, 1.82) is 0 Å². The van der Waals surface area contributed by atoms with Gasteiger partial charge in [-0.1, -0.05) is 12.1 Å². The van der Waals surface area contributed by atoms with Gasteiger partial charge in [-0.2, -0.15) is 0 Å². The van der Waals surface area contributed by atoms with Crippen LogP contribution in [0.3, 0.4) is 0 Å². The van der Waals surface area contributed by atoms with Crippen molar-refractivity contribution in [3.8, 4) is 17.1 Å². The zero-order valence-electron chi connectivity index (χ0n) is 10.2. The maximum Gasteiger partial charge on any atom is 0.143 e. The molecular weight excluding hydrogens is 232 g/mol. The minimum Gasteiger partial charge on any atom is -0.496 e. The lowest BCUT2D eigenvalue weighted by atomic mass is 10.2. The molecule has 1 aromatic carbocycles. The number of aliphatic hydroxyl groups excluding tert-OH is 2. The fourth-order valence-electron chi connectivity index (χ4n) is 1.81. The van der Waals surface area contributed by atoms with E-state index < -0.39 is 6.10 Å². The van der Waals surface area contributed by atoms with E-state index in [0.717, 1.165) is 11.3 Å². The molecule has 5 heteroatoms. The molecule has 1 aromatic heterocycles. The second kappa shape index (κ2) is 5.66. The Hall–Kier alpha value is -1.85. The first-order valence-electron chi connectivity index (χ1n) is 5.69. The molecule has 18 heavy (non-hydrogen) atoms. The maximum absolute atomic E-state index is 9.50. The molecule has 1 unspecified atom stereocenters. The molecule has 2 N–H and O–H groups in total. The Balaban J connectivity index is 2.36. The van der Waals surface area contributed by atoms with Gasteiger partial charge in [-0.05, 0) is 12.1 Å². The highest BCUT2D eigenvalue weighted by molar-refractivity contribution is 5.64. The van der Waals surface area contributed by atoms with Crippen molar-refractivity contribution in [1.82, 2.24) is 9.55 Å². The molecule has 1 heterocycles. The molecule has 0 spiro atoms. The molecule has 0 aliphatic rings. The third kappa shape index (κ3) is 2.52. The van der Waals surface area contributed by atoms with Crippen molar-refractivity contribution in [2.45, 2.75) is 12.6 Å². The number of aromatic nitrogens is 2. The van der Waals surface area contributed by atoms with Gasteiger partial charge in [0.2, 0.25) is 0 Å². The summed E-state index contributed by atoms with van der Waals surface area (Å²) in [5, 5.41) is 18.4. The summed E-state index contributed by atoms with van der Waals surface area (Å²) in [7, 11) is 1.61. The molecule has 0 bridgehead atoms. The van der Waals surface area contributed by atoms with Crippen molar-refractivity contribution in [2.24, 2.45) is 0 Å². The summed E-state index contributed by atoms with van der Waals surface area (Å²) in [4.78, 5) is 4.27. The molecule has 0 amide bonds. The van der Waals surface area contributed by atoms with Crippen LogP contribution in [-0.2, 0) is 6.54 Å². The smallest absolute Gasteiger partial charge is 0.143 e. The van der Waals surface area contributed by atoms with E-state index in [1.807, 2.05) is 24.3 Å². The predicted octanol–water partition coefficient (Wildman–Crippen LogP) is 0.912. The van der Waals surface area contributed by atoms with Gasteiger partial charge >= 0.3 is 0 Å². The van der Waals surface area contributed by atoms with Crippen LogP contribution < -0.4 is 4.74 Å². The largest absolute Gasteiger partial charge is 0.496 e. The fraction of sp³-hybridized carbons (Fsp3) is 0.308. The van der Waals surface area contributed by atoms with Crippen molar-refractivity contribution >= 4 is 0 Å². The second-order valence-electron chi connectivity index (χ2n) is 3.94. The molecule has 2 rings (SSSR count). The van der Waals surface area contributed by atoms with Crippen LogP contribution in [0.5, 0.6) is 5.75 Å². The van der Waals surface area contributed by atoms with Gasteiger partial charge in [0.05, 0.1) is 31.9 Å². The number of nitrogens with zero attached hydrogens (tertiary/aromatic N) is 2. The minimum atomic E-state index is -0.798. The number of hydrogen-bond donors (Lipinski definition) is 2.